The summed E-state index contributed by atoms with van der Waals surface area (Å²) >= 11 is 0. The van der Waals surface area contributed by atoms with E-state index in [1.807, 2.05) is 0 Å². The normalized spacial score (nSPS) is 17.7. The number of carbonyl (C=O) groups is 1. The number of nitrogens with zero attached hydrogens (tertiary/aromatic N) is 2. The minimum absolute atomic E-state index is 0.326. The maximum Gasteiger partial charge on any atom is 0.416 e. The number of H-pyrrole nitrogens is 1. The fourth-order valence-electron chi connectivity index (χ4n) is 2.80. The first kappa shape index (κ1) is 17.2. The minimum Gasteiger partial charge on any atom is -0.349 e. The predicted octanol–water partition coefficient (Wildman–Crippen LogP) is 1.86. The second-order valence-electron chi connectivity index (χ2n) is 5.82. The van der Waals surface area contributed by atoms with Crippen molar-refractivity contribution in [1.82, 2.24) is 20.1 Å². The van der Waals surface area contributed by atoms with Crippen LogP contribution in [0.25, 0.3) is 0 Å². The first-order valence-corrected chi connectivity index (χ1v) is 7.57. The van der Waals surface area contributed by atoms with Crippen LogP contribution in [0.3, 0.4) is 0 Å². The number of benzene rings is 1. The highest BCUT2D eigenvalue weighted by molar-refractivity contribution is 5.94. The molecule has 2 N–H and O–H groups in total. The van der Waals surface area contributed by atoms with Gasteiger partial charge in [-0.3, -0.25) is 9.36 Å². The molecule has 1 unspecified atom stereocenters. The molecule has 1 aliphatic rings. The van der Waals surface area contributed by atoms with E-state index in [-0.39, 0.29) is 11.7 Å². The van der Waals surface area contributed by atoms with Crippen molar-refractivity contribution < 1.29 is 22.4 Å². The summed E-state index contributed by atoms with van der Waals surface area (Å²) in [6.45, 7) is 0.326. The van der Waals surface area contributed by atoms with Crippen LogP contribution in [-0.4, -0.2) is 26.7 Å². The number of amides is 1. The van der Waals surface area contributed by atoms with Crippen LogP contribution in [0.15, 0.2) is 23.0 Å². The number of aromatic nitrogens is 3. The molecular formula is C15H14F4N4O2. The number of nitrogens with one attached hydrogen (secondary N) is 2. The molecule has 25 heavy (non-hydrogen) atoms. The van der Waals surface area contributed by atoms with Crippen LogP contribution in [-0.2, 0) is 19.1 Å². The molecular weight excluding hydrogens is 344 g/mol. The second kappa shape index (κ2) is 6.34. The Balaban J connectivity index is 1.73. The molecule has 1 aliphatic heterocycles. The summed E-state index contributed by atoms with van der Waals surface area (Å²) in [7, 11) is 0. The molecule has 0 fully saturated rings. The highest BCUT2D eigenvalue weighted by atomic mass is 19.4. The zero-order valence-electron chi connectivity index (χ0n) is 12.9. The molecule has 0 aliphatic carbocycles. The smallest absolute Gasteiger partial charge is 0.349 e. The number of aromatic amines is 1. The van der Waals surface area contributed by atoms with Gasteiger partial charge in [0.05, 0.1) is 5.56 Å². The fourth-order valence-corrected chi connectivity index (χ4v) is 2.80. The zero-order valence-corrected chi connectivity index (χ0v) is 12.9. The lowest BCUT2D eigenvalue weighted by atomic mass is 10.1. The van der Waals surface area contributed by atoms with Crippen LogP contribution in [0.1, 0.15) is 34.6 Å². The standard InChI is InChI=1S/C15H14F4N4O2/c16-10-6-8(5-9(7-10)15(17,18)19)13(24)20-11-1-2-12-21-22-14(25)23(12)4-3-11/h5-7,11H,1-4H2,(H,20,24)(H,22,25). The van der Waals surface area contributed by atoms with Gasteiger partial charge in [-0.1, -0.05) is 0 Å². The lowest BCUT2D eigenvalue weighted by molar-refractivity contribution is -0.137. The zero-order chi connectivity index (χ0) is 18.2. The van der Waals surface area contributed by atoms with Crippen molar-refractivity contribution in [2.45, 2.75) is 38.0 Å². The summed E-state index contributed by atoms with van der Waals surface area (Å²) in [4.78, 5) is 23.7. The van der Waals surface area contributed by atoms with Crippen LogP contribution in [0, 0.1) is 5.82 Å². The van der Waals surface area contributed by atoms with Gasteiger partial charge >= 0.3 is 11.9 Å². The molecule has 0 radical (unpaired) electrons. The number of halogens is 4. The lowest BCUT2D eigenvalue weighted by Gasteiger charge is -2.16. The summed E-state index contributed by atoms with van der Waals surface area (Å²) in [5, 5.41) is 8.81. The maximum atomic E-state index is 13.4. The number of fused-ring (bicyclic) bond motifs is 1. The highest BCUT2D eigenvalue weighted by Gasteiger charge is 2.32. The molecule has 2 aromatic rings. The Labute approximate surface area is 138 Å². The van der Waals surface area contributed by atoms with Gasteiger partial charge < -0.3 is 5.32 Å². The number of rotatable bonds is 2. The summed E-state index contributed by atoms with van der Waals surface area (Å²) < 4.78 is 53.1. The largest absolute Gasteiger partial charge is 0.416 e. The van der Waals surface area contributed by atoms with Crippen molar-refractivity contribution >= 4 is 5.91 Å². The van der Waals surface area contributed by atoms with Crippen LogP contribution in [0.5, 0.6) is 0 Å². The molecule has 1 amide bonds. The third-order valence-electron chi connectivity index (χ3n) is 4.08. The van der Waals surface area contributed by atoms with E-state index in [2.05, 4.69) is 15.5 Å². The molecule has 2 heterocycles. The van der Waals surface area contributed by atoms with Crippen molar-refractivity contribution in [2.75, 3.05) is 0 Å². The molecule has 6 nitrogen and oxygen atoms in total. The number of hydrogen-bond acceptors (Lipinski definition) is 3. The van der Waals surface area contributed by atoms with Crippen LogP contribution < -0.4 is 11.0 Å². The molecule has 0 spiro atoms. The van der Waals surface area contributed by atoms with Crippen LogP contribution in [0.2, 0.25) is 0 Å². The summed E-state index contributed by atoms with van der Waals surface area (Å²) in [5.41, 5.74) is -1.96. The third kappa shape index (κ3) is 3.72. The first-order chi connectivity index (χ1) is 11.7. The quantitative estimate of drug-likeness (QED) is 0.805. The first-order valence-electron chi connectivity index (χ1n) is 7.57. The van der Waals surface area contributed by atoms with E-state index < -0.39 is 29.0 Å². The summed E-state index contributed by atoms with van der Waals surface area (Å²) in [6, 6.07) is 1.36. The Morgan fingerprint density at radius 3 is 2.76 bits per heavy atom. The van der Waals surface area contributed by atoms with Gasteiger partial charge in [0.1, 0.15) is 11.6 Å². The Bertz CT molecular complexity index is 856. The van der Waals surface area contributed by atoms with E-state index in [1.165, 1.54) is 4.57 Å². The molecule has 1 aromatic heterocycles. The molecule has 1 atom stereocenters. The molecule has 0 saturated carbocycles. The number of carbonyl (C=O) groups excluding carboxylic acids is 1. The van der Waals surface area contributed by atoms with E-state index in [9.17, 15) is 27.2 Å². The topological polar surface area (TPSA) is 79.8 Å². The van der Waals surface area contributed by atoms with E-state index in [0.717, 1.165) is 6.07 Å². The van der Waals surface area contributed by atoms with E-state index in [4.69, 9.17) is 0 Å². The van der Waals surface area contributed by atoms with E-state index >= 15 is 0 Å². The van der Waals surface area contributed by atoms with E-state index in [0.29, 0.717) is 43.8 Å². The highest BCUT2D eigenvalue weighted by Crippen LogP contribution is 2.30. The molecule has 0 bridgehead atoms. The Hall–Kier alpha value is -2.65. The van der Waals surface area contributed by atoms with Crippen LogP contribution in [0.4, 0.5) is 17.6 Å². The maximum absolute atomic E-state index is 13.4. The molecule has 0 saturated heterocycles. The average molecular weight is 358 g/mol. The average Bonchev–Trinajstić information content (AvgIpc) is 2.76. The number of hydrogen-bond donors (Lipinski definition) is 2. The van der Waals surface area contributed by atoms with Gasteiger partial charge in [-0.2, -0.15) is 18.3 Å². The number of alkyl halides is 3. The Morgan fingerprint density at radius 2 is 2.04 bits per heavy atom. The van der Waals surface area contributed by atoms with Gasteiger partial charge in [-0.15, -0.1) is 0 Å². The van der Waals surface area contributed by atoms with Crippen molar-refractivity contribution in [2.24, 2.45) is 0 Å². The minimum atomic E-state index is -4.74. The van der Waals surface area contributed by atoms with Gasteiger partial charge in [-0.25, -0.2) is 14.3 Å². The Kier molecular flexibility index (Phi) is 4.36. The summed E-state index contributed by atoms with van der Waals surface area (Å²) in [6.07, 6.45) is -3.42. The molecule has 134 valence electrons. The molecule has 1 aromatic carbocycles. The second-order valence-corrected chi connectivity index (χ2v) is 5.82. The van der Waals surface area contributed by atoms with E-state index in [1.54, 1.807) is 0 Å². The van der Waals surface area contributed by atoms with Crippen LogP contribution >= 0.6 is 0 Å². The lowest BCUT2D eigenvalue weighted by Crippen LogP contribution is -2.35. The predicted molar refractivity (Wildman–Crippen MR) is 78.4 cm³/mol. The molecule has 3 rings (SSSR count). The van der Waals surface area contributed by atoms with Gasteiger partial charge in [0.15, 0.2) is 0 Å². The monoisotopic (exact) mass is 358 g/mol. The van der Waals surface area contributed by atoms with Gasteiger partial charge in [0, 0.05) is 24.6 Å². The number of aryl methyl sites for hydroxylation is 1. The summed E-state index contributed by atoms with van der Waals surface area (Å²) in [5.74, 6) is -1.36. The SMILES string of the molecule is O=C(NC1CCc2n[nH]c(=O)n2CC1)c1cc(F)cc(C(F)(F)F)c1. The van der Waals surface area contributed by atoms with Gasteiger partial charge in [0.2, 0.25) is 0 Å². The fraction of sp³-hybridized carbons (Fsp3) is 0.400. The van der Waals surface area contributed by atoms with Crippen molar-refractivity contribution in [3.05, 3.63) is 51.5 Å². The van der Waals surface area contributed by atoms with Crippen molar-refractivity contribution in [3.8, 4) is 0 Å². The molecule has 10 heteroatoms. The Morgan fingerprint density at radius 1 is 1.28 bits per heavy atom. The van der Waals surface area contributed by atoms with Gasteiger partial charge in [-0.05, 0) is 31.0 Å². The van der Waals surface area contributed by atoms with Crippen molar-refractivity contribution in [3.63, 3.8) is 0 Å². The van der Waals surface area contributed by atoms with Crippen molar-refractivity contribution in [1.29, 1.82) is 0 Å². The third-order valence-corrected chi connectivity index (χ3v) is 4.08. The van der Waals surface area contributed by atoms with Gasteiger partial charge in [0.25, 0.3) is 5.91 Å².